The quantitative estimate of drug-likeness (QED) is 0.318. The maximum Gasteiger partial charge on any atom is 0.336 e. The van der Waals surface area contributed by atoms with Gasteiger partial charge in [-0.25, -0.2) is 4.79 Å². The maximum absolute atomic E-state index is 11.3. The molecule has 0 aliphatic heterocycles. The fourth-order valence-electron chi connectivity index (χ4n) is 1.29. The van der Waals surface area contributed by atoms with Crippen molar-refractivity contribution >= 4 is 17.8 Å². The largest absolute Gasteiger partial charge is 0.481 e. The van der Waals surface area contributed by atoms with E-state index in [4.69, 9.17) is 15.9 Å². The van der Waals surface area contributed by atoms with Crippen molar-refractivity contribution < 1.29 is 29.7 Å². The number of carbonyl (C=O) groups is 3. The number of carbonyl (C=O) groups excluding carboxylic acids is 1. The molecule has 0 bridgehead atoms. The van der Waals surface area contributed by atoms with Gasteiger partial charge < -0.3 is 26.4 Å². The summed E-state index contributed by atoms with van der Waals surface area (Å²) in [6.45, 7) is 0.784. The number of nitrogens with two attached hydrogens (primary N) is 1. The second-order valence-corrected chi connectivity index (χ2v) is 3.93. The Hall–Kier alpha value is -1.67. The topological polar surface area (TPSA) is 150 Å². The minimum atomic E-state index is -2.58. The average Bonchev–Trinajstić information content (AvgIpc) is 2.23. The molecule has 0 aliphatic rings. The van der Waals surface area contributed by atoms with Gasteiger partial charge >= 0.3 is 11.9 Å². The van der Waals surface area contributed by atoms with Gasteiger partial charge in [0.25, 0.3) is 0 Å². The van der Waals surface area contributed by atoms with Crippen molar-refractivity contribution in [2.45, 2.75) is 31.3 Å². The first-order valence-electron chi connectivity index (χ1n) is 5.46. The number of carboxylic acids is 2. The Morgan fingerprint density at radius 3 is 2.17 bits per heavy atom. The Bertz CT molecular complexity index is 319. The molecule has 1 unspecified atom stereocenters. The summed E-state index contributed by atoms with van der Waals surface area (Å²) < 4.78 is 0. The monoisotopic (exact) mass is 262 g/mol. The van der Waals surface area contributed by atoms with Gasteiger partial charge in [0.2, 0.25) is 5.91 Å². The molecule has 0 rings (SSSR count). The van der Waals surface area contributed by atoms with Crippen molar-refractivity contribution in [2.75, 3.05) is 13.1 Å². The minimum Gasteiger partial charge on any atom is -0.481 e. The molecule has 0 aromatic carbocycles. The molecule has 0 spiro atoms. The number of nitrogens with one attached hydrogen (secondary N) is 1. The third kappa shape index (κ3) is 6.16. The third-order valence-corrected chi connectivity index (χ3v) is 2.25. The fourth-order valence-corrected chi connectivity index (χ4v) is 1.29. The first kappa shape index (κ1) is 16.3. The molecule has 0 aliphatic carbocycles. The zero-order valence-electron chi connectivity index (χ0n) is 9.89. The molecule has 1 atom stereocenters. The van der Waals surface area contributed by atoms with Crippen molar-refractivity contribution in [3.63, 3.8) is 0 Å². The van der Waals surface area contributed by atoms with E-state index in [2.05, 4.69) is 5.32 Å². The van der Waals surface area contributed by atoms with Gasteiger partial charge in [-0.2, -0.15) is 0 Å². The summed E-state index contributed by atoms with van der Waals surface area (Å²) in [5.41, 5.74) is 2.67. The van der Waals surface area contributed by atoms with Crippen LogP contribution < -0.4 is 11.1 Å². The molecule has 0 saturated heterocycles. The molecule has 0 aromatic heterocycles. The van der Waals surface area contributed by atoms with Gasteiger partial charge in [0.15, 0.2) is 5.60 Å². The molecule has 8 nitrogen and oxygen atoms in total. The lowest BCUT2D eigenvalue weighted by atomic mass is 9.95. The molecule has 18 heavy (non-hydrogen) atoms. The fraction of sp³-hybridized carbons (Fsp3) is 0.700. The summed E-state index contributed by atoms with van der Waals surface area (Å²) >= 11 is 0. The first-order valence-corrected chi connectivity index (χ1v) is 5.46. The number of hydrogen-bond acceptors (Lipinski definition) is 5. The van der Waals surface area contributed by atoms with Crippen LogP contribution in [0, 0.1) is 0 Å². The van der Waals surface area contributed by atoms with Gasteiger partial charge in [-0.05, 0) is 19.4 Å². The van der Waals surface area contributed by atoms with Crippen molar-refractivity contribution in [3.8, 4) is 0 Å². The zero-order valence-corrected chi connectivity index (χ0v) is 9.89. The van der Waals surface area contributed by atoms with Crippen LogP contribution in [-0.2, 0) is 14.4 Å². The molecule has 6 N–H and O–H groups in total. The molecule has 8 heteroatoms. The molecule has 0 aromatic rings. The van der Waals surface area contributed by atoms with E-state index in [1.54, 1.807) is 0 Å². The highest BCUT2D eigenvalue weighted by Crippen LogP contribution is 2.15. The summed E-state index contributed by atoms with van der Waals surface area (Å²) in [5.74, 6) is -3.93. The summed E-state index contributed by atoms with van der Waals surface area (Å²) in [4.78, 5) is 32.5. The number of hydrogen-bond donors (Lipinski definition) is 5. The van der Waals surface area contributed by atoms with E-state index in [1.165, 1.54) is 0 Å². The molecule has 1 amide bonds. The molecule has 104 valence electrons. The maximum atomic E-state index is 11.3. The van der Waals surface area contributed by atoms with Gasteiger partial charge in [-0.15, -0.1) is 0 Å². The molecule has 0 radical (unpaired) electrons. The zero-order chi connectivity index (χ0) is 14.2. The van der Waals surface area contributed by atoms with Crippen LogP contribution in [0.25, 0.3) is 0 Å². The molecular formula is C10H18N2O6. The van der Waals surface area contributed by atoms with E-state index in [1.807, 2.05) is 0 Å². The van der Waals surface area contributed by atoms with Gasteiger partial charge in [-0.1, -0.05) is 0 Å². The summed E-state index contributed by atoms with van der Waals surface area (Å²) in [5, 5.41) is 29.2. The van der Waals surface area contributed by atoms with Crippen LogP contribution in [-0.4, -0.2) is 51.9 Å². The van der Waals surface area contributed by atoms with Crippen LogP contribution in [0.4, 0.5) is 0 Å². The normalized spacial score (nSPS) is 13.7. The van der Waals surface area contributed by atoms with Crippen molar-refractivity contribution in [3.05, 3.63) is 0 Å². The Labute approximate surface area is 104 Å². The third-order valence-electron chi connectivity index (χ3n) is 2.25. The lowest BCUT2D eigenvalue weighted by Crippen LogP contribution is -2.45. The van der Waals surface area contributed by atoms with Crippen LogP contribution in [0.1, 0.15) is 25.7 Å². The number of unbranched alkanes of at least 4 members (excludes halogenated alkanes) is 1. The Morgan fingerprint density at radius 2 is 1.72 bits per heavy atom. The highest BCUT2D eigenvalue weighted by atomic mass is 16.4. The Balaban J connectivity index is 4.28. The molecule has 0 heterocycles. The van der Waals surface area contributed by atoms with Gasteiger partial charge in [0, 0.05) is 6.54 Å². The lowest BCUT2D eigenvalue weighted by Gasteiger charge is -2.20. The standard InChI is InChI=1S/C10H18N2O6/c11-3-1-2-4-12-7(13)5-10(18,9(16)17)6-8(14)15/h18H,1-6,11H2,(H,12,13)(H,14,15)(H,16,17). The SMILES string of the molecule is NCCCCNC(=O)CC(O)(CC(=O)O)C(=O)O. The second-order valence-electron chi connectivity index (χ2n) is 3.93. The van der Waals surface area contributed by atoms with E-state index < -0.39 is 36.3 Å². The number of carboxylic acid groups (broad SMARTS) is 2. The highest BCUT2D eigenvalue weighted by molar-refractivity contribution is 5.90. The van der Waals surface area contributed by atoms with E-state index >= 15 is 0 Å². The molecule has 0 fully saturated rings. The van der Waals surface area contributed by atoms with Gasteiger partial charge in [0.05, 0.1) is 12.8 Å². The van der Waals surface area contributed by atoms with Crippen molar-refractivity contribution in [1.29, 1.82) is 0 Å². The second kappa shape index (κ2) is 7.62. The smallest absolute Gasteiger partial charge is 0.336 e. The van der Waals surface area contributed by atoms with Crippen molar-refractivity contribution in [2.24, 2.45) is 5.73 Å². The number of rotatable bonds is 9. The van der Waals surface area contributed by atoms with Gasteiger partial charge in [-0.3, -0.25) is 9.59 Å². The summed E-state index contributed by atoms with van der Waals surface area (Å²) in [6.07, 6.45) is -0.485. The number of amides is 1. The van der Waals surface area contributed by atoms with E-state index in [0.29, 0.717) is 25.9 Å². The molecular weight excluding hydrogens is 244 g/mol. The predicted octanol–water partition coefficient (Wildman–Crippen LogP) is -1.48. The predicted molar refractivity (Wildman–Crippen MR) is 60.8 cm³/mol. The van der Waals surface area contributed by atoms with Gasteiger partial charge in [0.1, 0.15) is 0 Å². The minimum absolute atomic E-state index is 0.304. The molecule has 0 saturated carbocycles. The van der Waals surface area contributed by atoms with Crippen LogP contribution >= 0.6 is 0 Å². The summed E-state index contributed by atoms with van der Waals surface area (Å²) in [7, 11) is 0. The highest BCUT2D eigenvalue weighted by Gasteiger charge is 2.40. The Morgan fingerprint density at radius 1 is 1.11 bits per heavy atom. The van der Waals surface area contributed by atoms with E-state index in [-0.39, 0.29) is 0 Å². The van der Waals surface area contributed by atoms with E-state index in [0.717, 1.165) is 0 Å². The Kier molecular flexibility index (Phi) is 6.91. The van der Waals surface area contributed by atoms with Crippen molar-refractivity contribution in [1.82, 2.24) is 5.32 Å². The summed E-state index contributed by atoms with van der Waals surface area (Å²) in [6, 6.07) is 0. The van der Waals surface area contributed by atoms with Crippen LogP contribution in [0.2, 0.25) is 0 Å². The average molecular weight is 262 g/mol. The van der Waals surface area contributed by atoms with Crippen LogP contribution in [0.5, 0.6) is 0 Å². The van der Waals surface area contributed by atoms with Crippen LogP contribution in [0.3, 0.4) is 0 Å². The number of aliphatic carboxylic acids is 2. The van der Waals surface area contributed by atoms with E-state index in [9.17, 15) is 19.5 Å². The number of aliphatic hydroxyl groups is 1. The lowest BCUT2D eigenvalue weighted by molar-refractivity contribution is -0.167. The van der Waals surface area contributed by atoms with Crippen LogP contribution in [0.15, 0.2) is 0 Å². The first-order chi connectivity index (χ1) is 8.31.